The van der Waals surface area contributed by atoms with Crippen molar-refractivity contribution >= 4 is 35.1 Å². The molecule has 10 heteroatoms. The number of fused-ring (bicyclic) bond motifs is 1. The third-order valence-electron chi connectivity index (χ3n) is 6.23. The Labute approximate surface area is 227 Å². The van der Waals surface area contributed by atoms with Crippen molar-refractivity contribution in [3.63, 3.8) is 0 Å². The van der Waals surface area contributed by atoms with Gasteiger partial charge in [0.05, 0.1) is 20.8 Å². The molecule has 0 saturated heterocycles. The van der Waals surface area contributed by atoms with E-state index in [2.05, 4.69) is 0 Å². The number of ether oxygens (including phenoxy) is 4. The molecule has 1 amide bonds. The van der Waals surface area contributed by atoms with Crippen LogP contribution in [0, 0.1) is 5.41 Å². The van der Waals surface area contributed by atoms with Gasteiger partial charge in [0.15, 0.2) is 11.5 Å². The van der Waals surface area contributed by atoms with Crippen LogP contribution in [-0.4, -0.2) is 56.4 Å². The second kappa shape index (κ2) is 12.5. The van der Waals surface area contributed by atoms with E-state index in [4.69, 9.17) is 30.5 Å². The summed E-state index contributed by atoms with van der Waals surface area (Å²) in [6.07, 6.45) is -1.39. The summed E-state index contributed by atoms with van der Waals surface area (Å²) >= 11 is 6.43. The molecule has 1 aliphatic heterocycles. The SMILES string of the molecule is COc1cccc(C2OC(CCCC(=O)O)C(=O)N(CC(C)(C)COC(C)=O)c3ccc(Cl)cc32)c1OC. The monoisotopic (exact) mass is 547 g/mol. The lowest BCUT2D eigenvalue weighted by Gasteiger charge is -2.33. The zero-order valence-electron chi connectivity index (χ0n) is 22.3. The van der Waals surface area contributed by atoms with Crippen LogP contribution in [0.4, 0.5) is 5.69 Å². The number of esters is 1. The Bertz CT molecular complexity index is 1180. The minimum absolute atomic E-state index is 0.100. The van der Waals surface area contributed by atoms with Gasteiger partial charge < -0.3 is 29.0 Å². The normalized spacial score (nSPS) is 17.4. The highest BCUT2D eigenvalue weighted by molar-refractivity contribution is 6.30. The van der Waals surface area contributed by atoms with Crippen LogP contribution in [-0.2, 0) is 23.9 Å². The molecule has 9 nitrogen and oxygen atoms in total. The maximum atomic E-state index is 14.0. The van der Waals surface area contributed by atoms with Crippen LogP contribution < -0.4 is 14.4 Å². The number of anilines is 1. The number of methoxy groups -OCH3 is 2. The number of amides is 1. The molecule has 0 radical (unpaired) electrons. The molecule has 2 aromatic carbocycles. The van der Waals surface area contributed by atoms with Crippen molar-refractivity contribution in [2.45, 2.75) is 52.2 Å². The molecule has 2 aromatic rings. The van der Waals surface area contributed by atoms with Crippen molar-refractivity contribution in [1.82, 2.24) is 0 Å². The molecule has 0 spiro atoms. The van der Waals surface area contributed by atoms with Crippen LogP contribution in [0.5, 0.6) is 11.5 Å². The fourth-order valence-electron chi connectivity index (χ4n) is 4.49. The number of carboxylic acid groups (broad SMARTS) is 1. The largest absolute Gasteiger partial charge is 0.493 e. The molecule has 2 atom stereocenters. The van der Waals surface area contributed by atoms with Crippen molar-refractivity contribution in [2.75, 3.05) is 32.3 Å². The van der Waals surface area contributed by atoms with Crippen LogP contribution >= 0.6 is 11.6 Å². The van der Waals surface area contributed by atoms with E-state index in [0.29, 0.717) is 33.3 Å². The predicted molar refractivity (Wildman–Crippen MR) is 142 cm³/mol. The third kappa shape index (κ3) is 6.96. The van der Waals surface area contributed by atoms with Gasteiger partial charge in [0.1, 0.15) is 12.2 Å². The maximum absolute atomic E-state index is 14.0. The zero-order valence-corrected chi connectivity index (χ0v) is 23.0. The zero-order chi connectivity index (χ0) is 28.0. The van der Waals surface area contributed by atoms with Gasteiger partial charge in [-0.3, -0.25) is 14.4 Å². The van der Waals surface area contributed by atoms with E-state index in [1.165, 1.54) is 21.1 Å². The Kier molecular flexibility index (Phi) is 9.62. The molecule has 3 rings (SSSR count). The number of nitrogens with zero attached hydrogens (tertiary/aromatic N) is 1. The Morgan fingerprint density at radius 2 is 1.87 bits per heavy atom. The van der Waals surface area contributed by atoms with Crippen molar-refractivity contribution in [3.8, 4) is 11.5 Å². The number of carboxylic acids is 1. The van der Waals surface area contributed by atoms with Gasteiger partial charge >= 0.3 is 11.9 Å². The lowest BCUT2D eigenvalue weighted by Crippen LogP contribution is -2.45. The third-order valence-corrected chi connectivity index (χ3v) is 6.46. The smallest absolute Gasteiger partial charge is 0.303 e. The minimum Gasteiger partial charge on any atom is -0.493 e. The van der Waals surface area contributed by atoms with E-state index in [9.17, 15) is 19.5 Å². The minimum atomic E-state index is -0.953. The molecule has 0 fully saturated rings. The molecule has 0 aromatic heterocycles. The Morgan fingerprint density at radius 3 is 2.50 bits per heavy atom. The predicted octanol–water partition coefficient (Wildman–Crippen LogP) is 5.02. The van der Waals surface area contributed by atoms with E-state index in [1.54, 1.807) is 35.2 Å². The van der Waals surface area contributed by atoms with Gasteiger partial charge in [-0.25, -0.2) is 0 Å². The number of hydrogen-bond acceptors (Lipinski definition) is 7. The van der Waals surface area contributed by atoms with E-state index >= 15 is 0 Å². The number of carbonyl (C=O) groups excluding carboxylic acids is 2. The standard InChI is InChI=1S/C28H34ClNO8/c1-17(31)37-16-28(2,3)15-30-21-13-12-18(29)14-20(21)25(19-8-6-9-22(35-4)26(19)36-5)38-23(27(30)34)10-7-11-24(32)33/h6,8-9,12-14,23,25H,7,10-11,15-16H2,1-5H3,(H,32,33). The summed E-state index contributed by atoms with van der Waals surface area (Å²) in [5.41, 5.74) is 1.26. The highest BCUT2D eigenvalue weighted by Crippen LogP contribution is 2.45. The summed E-state index contributed by atoms with van der Waals surface area (Å²) in [4.78, 5) is 38.3. The van der Waals surface area contributed by atoms with E-state index < -0.39 is 29.6 Å². The molecule has 0 aliphatic carbocycles. The summed E-state index contributed by atoms with van der Waals surface area (Å²) in [5, 5.41) is 9.63. The second-order valence-electron chi connectivity index (χ2n) is 9.95. The summed E-state index contributed by atoms with van der Waals surface area (Å²) in [6, 6.07) is 10.6. The average molecular weight is 548 g/mol. The van der Waals surface area contributed by atoms with Crippen LogP contribution in [0.1, 0.15) is 57.3 Å². The number of aliphatic carboxylic acids is 1. The topological polar surface area (TPSA) is 112 Å². The molecule has 1 aliphatic rings. The van der Waals surface area contributed by atoms with Gasteiger partial charge in [-0.15, -0.1) is 0 Å². The number of halogens is 1. The highest BCUT2D eigenvalue weighted by Gasteiger charge is 2.40. The number of para-hydroxylation sites is 1. The molecule has 1 heterocycles. The van der Waals surface area contributed by atoms with Crippen LogP contribution in [0.2, 0.25) is 5.02 Å². The molecular weight excluding hydrogens is 514 g/mol. The fourth-order valence-corrected chi connectivity index (χ4v) is 4.67. The van der Waals surface area contributed by atoms with Gasteiger partial charge in [0, 0.05) is 47.1 Å². The van der Waals surface area contributed by atoms with Crippen LogP contribution in [0.3, 0.4) is 0 Å². The summed E-state index contributed by atoms with van der Waals surface area (Å²) in [6.45, 7) is 5.45. The van der Waals surface area contributed by atoms with Crippen molar-refractivity contribution in [1.29, 1.82) is 0 Å². The van der Waals surface area contributed by atoms with Crippen molar-refractivity contribution < 1.29 is 38.4 Å². The molecule has 38 heavy (non-hydrogen) atoms. The van der Waals surface area contributed by atoms with Crippen molar-refractivity contribution in [3.05, 3.63) is 52.5 Å². The summed E-state index contributed by atoms with van der Waals surface area (Å²) in [7, 11) is 3.06. The molecule has 0 saturated carbocycles. The molecule has 1 N–H and O–H groups in total. The van der Waals surface area contributed by atoms with Gasteiger partial charge in [-0.1, -0.05) is 37.6 Å². The van der Waals surface area contributed by atoms with E-state index in [1.807, 2.05) is 19.9 Å². The second-order valence-corrected chi connectivity index (χ2v) is 10.4. The fraction of sp³-hybridized carbons (Fsp3) is 0.464. The lowest BCUT2D eigenvalue weighted by atomic mass is 9.92. The van der Waals surface area contributed by atoms with Gasteiger partial charge in [0.25, 0.3) is 5.91 Å². The lowest BCUT2D eigenvalue weighted by molar-refractivity contribution is -0.144. The van der Waals surface area contributed by atoms with Gasteiger partial charge in [0.2, 0.25) is 0 Å². The number of rotatable bonds is 11. The molecule has 2 unspecified atom stereocenters. The van der Waals surface area contributed by atoms with E-state index in [-0.39, 0.29) is 38.3 Å². The maximum Gasteiger partial charge on any atom is 0.303 e. The first-order valence-corrected chi connectivity index (χ1v) is 12.7. The number of carbonyl (C=O) groups is 3. The van der Waals surface area contributed by atoms with Gasteiger partial charge in [-0.2, -0.15) is 0 Å². The summed E-state index contributed by atoms with van der Waals surface area (Å²) in [5.74, 6) is -0.737. The Balaban J connectivity index is 2.16. The first kappa shape index (κ1) is 29.3. The van der Waals surface area contributed by atoms with E-state index in [0.717, 1.165) is 0 Å². The molecule has 0 bridgehead atoms. The Hall–Kier alpha value is -3.30. The number of benzene rings is 2. The summed E-state index contributed by atoms with van der Waals surface area (Å²) < 4.78 is 22.9. The van der Waals surface area contributed by atoms with Crippen LogP contribution in [0.15, 0.2) is 36.4 Å². The average Bonchev–Trinajstić information content (AvgIpc) is 2.97. The quantitative estimate of drug-likeness (QED) is 0.390. The highest BCUT2D eigenvalue weighted by atomic mass is 35.5. The van der Waals surface area contributed by atoms with Crippen LogP contribution in [0.25, 0.3) is 0 Å². The first-order chi connectivity index (χ1) is 18.0. The molecule has 206 valence electrons. The Morgan fingerprint density at radius 1 is 1.13 bits per heavy atom. The number of hydrogen-bond donors (Lipinski definition) is 1. The molecular formula is C28H34ClNO8. The van der Waals surface area contributed by atoms with Gasteiger partial charge in [-0.05, 0) is 37.1 Å². The van der Waals surface area contributed by atoms with Crippen molar-refractivity contribution in [2.24, 2.45) is 5.41 Å². The first-order valence-electron chi connectivity index (χ1n) is 12.3.